The Balaban J connectivity index is 1.50. The Kier molecular flexibility index (Phi) is 8.42. The first-order valence-electron chi connectivity index (χ1n) is 13.9. The molecule has 2 amide bonds. The molecule has 226 valence electrons. The lowest BCUT2D eigenvalue weighted by molar-refractivity contribution is -0.139. The van der Waals surface area contributed by atoms with Gasteiger partial charge in [-0.3, -0.25) is 14.4 Å². The molecule has 1 aliphatic heterocycles. The number of H-pyrrole nitrogens is 1. The number of nitrogens with one attached hydrogen (secondary N) is 3. The van der Waals surface area contributed by atoms with Crippen LogP contribution < -0.4 is 10.6 Å². The molecule has 0 spiro atoms. The lowest BCUT2D eigenvalue weighted by Gasteiger charge is -2.25. The number of hydrogen-bond donors (Lipinski definition) is 3. The Morgan fingerprint density at radius 1 is 1.14 bits per heavy atom. The van der Waals surface area contributed by atoms with Gasteiger partial charge in [-0.25, -0.2) is 18.7 Å². The van der Waals surface area contributed by atoms with E-state index in [-0.39, 0.29) is 23.4 Å². The number of aryl methyl sites for hydroxylation is 1. The number of aromatic nitrogens is 4. The molecule has 0 fully saturated rings. The number of esters is 1. The number of ether oxygens (including phenoxy) is 1. The average Bonchev–Trinajstić information content (AvgIpc) is 3.60. The van der Waals surface area contributed by atoms with Crippen LogP contribution in [-0.4, -0.2) is 69.4 Å². The Hall–Kier alpha value is -4.81. The highest BCUT2D eigenvalue weighted by molar-refractivity contribution is 5.98. The molecule has 13 heteroatoms. The molecule has 0 aliphatic carbocycles. The van der Waals surface area contributed by atoms with Crippen molar-refractivity contribution < 1.29 is 27.9 Å². The summed E-state index contributed by atoms with van der Waals surface area (Å²) < 4.78 is 36.6. The molecule has 3 heterocycles. The molecule has 11 nitrogen and oxygen atoms in total. The highest BCUT2D eigenvalue weighted by Gasteiger charge is 2.28. The van der Waals surface area contributed by atoms with Crippen LogP contribution >= 0.6 is 0 Å². The number of fused-ring (bicyclic) bond motifs is 5. The number of hydrogen-bond acceptors (Lipinski definition) is 7. The molecular weight excluding hydrogens is 560 g/mol. The molecule has 2 atom stereocenters. The zero-order chi connectivity index (χ0) is 30.8. The molecule has 5 rings (SSSR count). The van der Waals surface area contributed by atoms with E-state index in [1.807, 2.05) is 0 Å². The zero-order valence-corrected chi connectivity index (χ0v) is 24.3. The van der Waals surface area contributed by atoms with Gasteiger partial charge in [-0.05, 0) is 24.5 Å². The van der Waals surface area contributed by atoms with E-state index in [1.54, 1.807) is 45.5 Å². The van der Waals surface area contributed by atoms with Crippen molar-refractivity contribution in [2.24, 2.45) is 7.05 Å². The Labute approximate surface area is 246 Å². The second kappa shape index (κ2) is 12.2. The van der Waals surface area contributed by atoms with E-state index in [1.165, 1.54) is 22.9 Å². The first-order chi connectivity index (χ1) is 20.6. The van der Waals surface area contributed by atoms with Crippen molar-refractivity contribution in [2.75, 3.05) is 26.5 Å². The molecule has 3 N–H and O–H groups in total. The topological polar surface area (TPSA) is 134 Å². The number of imidazole rings is 2. The fourth-order valence-electron chi connectivity index (χ4n) is 5.31. The van der Waals surface area contributed by atoms with Gasteiger partial charge >= 0.3 is 5.97 Å². The third-order valence-corrected chi connectivity index (χ3v) is 7.62. The predicted octanol–water partition coefficient (Wildman–Crippen LogP) is 3.87. The summed E-state index contributed by atoms with van der Waals surface area (Å²) in [5.74, 6) is -3.05. The average molecular weight is 594 g/mol. The molecule has 1 aliphatic rings. The number of carbonyl (C=O) groups excluding carboxylic acids is 3. The van der Waals surface area contributed by atoms with Crippen molar-refractivity contribution in [1.29, 1.82) is 0 Å². The van der Waals surface area contributed by atoms with E-state index in [0.717, 1.165) is 6.07 Å². The van der Waals surface area contributed by atoms with Crippen LogP contribution in [0, 0.1) is 11.6 Å². The van der Waals surface area contributed by atoms with Crippen molar-refractivity contribution in [3.05, 3.63) is 65.4 Å². The highest BCUT2D eigenvalue weighted by atomic mass is 19.1. The fourth-order valence-corrected chi connectivity index (χ4v) is 5.31. The van der Waals surface area contributed by atoms with Gasteiger partial charge in [0.2, 0.25) is 5.91 Å². The Morgan fingerprint density at radius 2 is 1.91 bits per heavy atom. The minimum Gasteiger partial charge on any atom is -0.469 e. The second-order valence-electron chi connectivity index (χ2n) is 10.8. The first kappa shape index (κ1) is 29.7. The standard InChI is InChI=1S/C30H33F2N7O4/c1-38(2)30(42)20-8-6-5-7-19(37-29(41)25-18(31)13-23-27(26(25)32)34-15-39(23)3)28-33-14-22(36-28)17-10-9-16(11-21(17)35-20)12-24(40)43-4/h9-11,13-15,19-20,35H,5-8,12H2,1-4H3,(H,33,36)(H,37,41)/t19-,20+/m0/s1. The van der Waals surface area contributed by atoms with Crippen LogP contribution in [0.25, 0.3) is 22.3 Å². The maximum Gasteiger partial charge on any atom is 0.309 e. The second-order valence-corrected chi connectivity index (χ2v) is 10.8. The molecule has 0 saturated heterocycles. The number of halogens is 2. The number of likely N-dealkylation sites (N-methyl/N-ethyl adjacent to an activating group) is 1. The molecular formula is C30H33F2N7O4. The quantitative estimate of drug-likeness (QED) is 0.299. The Bertz CT molecular complexity index is 1700. The Morgan fingerprint density at radius 3 is 2.65 bits per heavy atom. The summed E-state index contributed by atoms with van der Waals surface area (Å²) in [7, 11) is 6.29. The monoisotopic (exact) mass is 593 g/mol. The summed E-state index contributed by atoms with van der Waals surface area (Å²) in [4.78, 5) is 51.6. The summed E-state index contributed by atoms with van der Waals surface area (Å²) in [6.45, 7) is 0. The van der Waals surface area contributed by atoms with Gasteiger partial charge in [-0.1, -0.05) is 25.0 Å². The summed E-state index contributed by atoms with van der Waals surface area (Å²) >= 11 is 0. The number of benzene rings is 2. The van der Waals surface area contributed by atoms with E-state index in [0.29, 0.717) is 54.0 Å². The number of anilines is 1. The molecule has 2 bridgehead atoms. The molecule has 0 radical (unpaired) electrons. The molecule has 0 unspecified atom stereocenters. The van der Waals surface area contributed by atoms with E-state index < -0.39 is 41.2 Å². The lowest BCUT2D eigenvalue weighted by atomic mass is 10.00. The number of carbonyl (C=O) groups is 3. The molecule has 43 heavy (non-hydrogen) atoms. The van der Waals surface area contributed by atoms with Crippen molar-refractivity contribution in [1.82, 2.24) is 29.7 Å². The molecule has 0 saturated carbocycles. The maximum absolute atomic E-state index is 15.3. The molecule has 2 aromatic heterocycles. The van der Waals surface area contributed by atoms with Crippen molar-refractivity contribution in [2.45, 2.75) is 44.2 Å². The predicted molar refractivity (Wildman–Crippen MR) is 155 cm³/mol. The SMILES string of the molecule is COC(=O)Cc1ccc2c(c1)N[C@@H](C(=O)N(C)C)CCCC[C@H](NC(=O)c1c(F)cc3c(ncn3C)c1F)c1ncc-2[nH]1. The minimum atomic E-state index is -1.03. The summed E-state index contributed by atoms with van der Waals surface area (Å²) in [5.41, 5.74) is 2.01. The largest absolute Gasteiger partial charge is 0.469 e. The van der Waals surface area contributed by atoms with Gasteiger partial charge in [0.15, 0.2) is 5.82 Å². The number of methoxy groups -OCH3 is 1. The van der Waals surface area contributed by atoms with Crippen LogP contribution in [0.1, 0.15) is 53.5 Å². The number of rotatable bonds is 5. The van der Waals surface area contributed by atoms with Crippen molar-refractivity contribution in [3.8, 4) is 11.3 Å². The van der Waals surface area contributed by atoms with Gasteiger partial charge in [0.1, 0.15) is 28.8 Å². The van der Waals surface area contributed by atoms with Gasteiger partial charge in [-0.2, -0.15) is 0 Å². The zero-order valence-electron chi connectivity index (χ0n) is 24.3. The number of nitrogens with zero attached hydrogens (tertiary/aromatic N) is 4. The highest BCUT2D eigenvalue weighted by Crippen LogP contribution is 2.32. The lowest BCUT2D eigenvalue weighted by Crippen LogP contribution is -2.39. The van der Waals surface area contributed by atoms with E-state index in [4.69, 9.17) is 4.74 Å². The van der Waals surface area contributed by atoms with Crippen LogP contribution in [-0.2, 0) is 27.8 Å². The van der Waals surface area contributed by atoms with Crippen LogP contribution in [0.5, 0.6) is 0 Å². The van der Waals surface area contributed by atoms with Gasteiger partial charge in [0, 0.05) is 38.5 Å². The van der Waals surface area contributed by atoms with Crippen molar-refractivity contribution >= 4 is 34.5 Å². The number of amides is 2. The number of aromatic amines is 1. The third-order valence-electron chi connectivity index (χ3n) is 7.62. The van der Waals surface area contributed by atoms with Gasteiger partial charge in [0.25, 0.3) is 5.91 Å². The van der Waals surface area contributed by atoms with Gasteiger partial charge < -0.3 is 29.8 Å². The van der Waals surface area contributed by atoms with Crippen molar-refractivity contribution in [3.63, 3.8) is 0 Å². The molecule has 2 aromatic carbocycles. The van der Waals surface area contributed by atoms with E-state index in [2.05, 4.69) is 25.6 Å². The van der Waals surface area contributed by atoms with Crippen LogP contribution in [0.3, 0.4) is 0 Å². The van der Waals surface area contributed by atoms with E-state index >= 15 is 8.78 Å². The smallest absolute Gasteiger partial charge is 0.309 e. The van der Waals surface area contributed by atoms with Gasteiger partial charge in [-0.15, -0.1) is 0 Å². The minimum absolute atomic E-state index is 0.0531. The normalized spacial score (nSPS) is 16.8. The van der Waals surface area contributed by atoms with Crippen LogP contribution in [0.15, 0.2) is 36.8 Å². The van der Waals surface area contributed by atoms with Gasteiger partial charge in [0.05, 0.1) is 43.3 Å². The summed E-state index contributed by atoms with van der Waals surface area (Å²) in [6, 6.07) is 5.22. The first-order valence-corrected chi connectivity index (χ1v) is 13.9. The molecule has 4 aromatic rings. The van der Waals surface area contributed by atoms with Crippen LogP contribution in [0.2, 0.25) is 0 Å². The summed E-state index contributed by atoms with van der Waals surface area (Å²) in [6.07, 6.45) is 5.08. The fraction of sp³-hybridized carbons (Fsp3) is 0.367. The maximum atomic E-state index is 15.3. The summed E-state index contributed by atoms with van der Waals surface area (Å²) in [5, 5.41) is 6.13. The van der Waals surface area contributed by atoms with E-state index in [9.17, 15) is 14.4 Å². The third kappa shape index (κ3) is 6.06. The van der Waals surface area contributed by atoms with Crippen LogP contribution in [0.4, 0.5) is 14.5 Å².